The third kappa shape index (κ3) is 4.51. The highest BCUT2D eigenvalue weighted by Gasteiger charge is 2.33. The number of unbranched alkanes of at least 4 members (excludes halogenated alkanes) is 1. The highest BCUT2D eigenvalue weighted by molar-refractivity contribution is 7.89. The van der Waals surface area contributed by atoms with Crippen molar-refractivity contribution < 1.29 is 13.2 Å². The average Bonchev–Trinajstić information content (AvgIpc) is 2.95. The van der Waals surface area contributed by atoms with E-state index in [9.17, 15) is 8.42 Å². The molecule has 2 aliphatic heterocycles. The first-order chi connectivity index (χ1) is 13.1. The minimum absolute atomic E-state index is 0. The Labute approximate surface area is 173 Å². The van der Waals surface area contributed by atoms with Crippen LogP contribution in [0, 0.1) is 0 Å². The topological polar surface area (TPSA) is 58.6 Å². The van der Waals surface area contributed by atoms with Crippen LogP contribution >= 0.6 is 12.4 Å². The van der Waals surface area contributed by atoms with Gasteiger partial charge in [0.15, 0.2) is 0 Å². The molecule has 0 bridgehead atoms. The van der Waals surface area contributed by atoms with Gasteiger partial charge in [-0.05, 0) is 55.5 Å². The maximum absolute atomic E-state index is 12.5. The second-order valence-electron chi connectivity index (χ2n) is 7.24. The van der Waals surface area contributed by atoms with E-state index in [4.69, 9.17) is 4.74 Å². The Bertz CT molecular complexity index is 904. The Morgan fingerprint density at radius 2 is 1.79 bits per heavy atom. The summed E-state index contributed by atoms with van der Waals surface area (Å²) < 4.78 is 32.6. The summed E-state index contributed by atoms with van der Waals surface area (Å²) in [4.78, 5) is 0.470. The van der Waals surface area contributed by atoms with Crippen LogP contribution in [0.2, 0.25) is 0 Å². The molecule has 0 aliphatic carbocycles. The number of nitrogens with one attached hydrogen (secondary N) is 1. The summed E-state index contributed by atoms with van der Waals surface area (Å²) in [6.07, 6.45) is 4.12. The van der Waals surface area contributed by atoms with Crippen LogP contribution in [0.1, 0.15) is 30.4 Å². The van der Waals surface area contributed by atoms with E-state index < -0.39 is 10.0 Å². The lowest BCUT2D eigenvalue weighted by Crippen LogP contribution is -2.34. The molecule has 4 rings (SSSR count). The number of aryl methyl sites for hydroxylation is 1. The Morgan fingerprint density at radius 1 is 1.04 bits per heavy atom. The fraction of sp³-hybridized carbons (Fsp3) is 0.429. The van der Waals surface area contributed by atoms with Gasteiger partial charge in [-0.3, -0.25) is 0 Å². The fourth-order valence-corrected chi connectivity index (χ4v) is 5.50. The number of rotatable bonds is 7. The number of fused-ring (bicyclic) bond motifs is 2. The van der Waals surface area contributed by atoms with E-state index in [-0.39, 0.29) is 18.5 Å². The maximum atomic E-state index is 12.5. The van der Waals surface area contributed by atoms with E-state index in [1.165, 1.54) is 5.56 Å². The lowest BCUT2D eigenvalue weighted by Gasteiger charge is -2.26. The molecule has 1 N–H and O–H groups in total. The second-order valence-corrected chi connectivity index (χ2v) is 9.15. The molecule has 0 saturated carbocycles. The van der Waals surface area contributed by atoms with Crippen molar-refractivity contribution in [1.82, 2.24) is 9.62 Å². The molecule has 0 amide bonds. The Hall–Kier alpha value is -1.60. The number of ether oxygens (including phenoxy) is 1. The summed E-state index contributed by atoms with van der Waals surface area (Å²) in [5, 5.41) is 3.46. The lowest BCUT2D eigenvalue weighted by atomic mass is 10.0. The van der Waals surface area contributed by atoms with Crippen molar-refractivity contribution in [2.24, 2.45) is 0 Å². The highest BCUT2D eigenvalue weighted by atomic mass is 35.5. The van der Waals surface area contributed by atoms with Gasteiger partial charge in [-0.2, -0.15) is 4.31 Å². The monoisotopic (exact) mass is 422 g/mol. The van der Waals surface area contributed by atoms with Gasteiger partial charge < -0.3 is 10.1 Å². The molecule has 2 aliphatic rings. The number of benzene rings is 2. The first-order valence-electron chi connectivity index (χ1n) is 9.68. The number of sulfonamides is 1. The number of hydrogen-bond acceptors (Lipinski definition) is 4. The first kappa shape index (κ1) is 21.1. The van der Waals surface area contributed by atoms with Crippen LogP contribution in [0.5, 0.6) is 5.75 Å². The Morgan fingerprint density at radius 3 is 2.61 bits per heavy atom. The standard InChI is InChI=1S/C21H26N2O3S.ClH/c24-27(25)21-10-4-2-8-18(21)16-23(27)14-6-5-13-22-15-19-12-11-17-7-1-3-9-20(17)26-19;/h1-4,7-10,19,22H,5-6,11-16H2;1H. The summed E-state index contributed by atoms with van der Waals surface area (Å²) in [6, 6.07) is 15.5. The Kier molecular flexibility index (Phi) is 6.99. The minimum Gasteiger partial charge on any atom is -0.489 e. The Balaban J connectivity index is 0.00000225. The molecular formula is C21H27ClN2O3S. The zero-order valence-corrected chi connectivity index (χ0v) is 17.5. The van der Waals surface area contributed by atoms with Crippen LogP contribution in [0.3, 0.4) is 0 Å². The number of para-hydroxylation sites is 1. The van der Waals surface area contributed by atoms with Crippen molar-refractivity contribution in [3.05, 3.63) is 59.7 Å². The van der Waals surface area contributed by atoms with Gasteiger partial charge in [-0.15, -0.1) is 12.4 Å². The predicted molar refractivity (Wildman–Crippen MR) is 113 cm³/mol. The quantitative estimate of drug-likeness (QED) is 0.695. The van der Waals surface area contributed by atoms with Crippen LogP contribution in [0.15, 0.2) is 53.4 Å². The van der Waals surface area contributed by atoms with Crippen molar-refractivity contribution in [3.8, 4) is 5.75 Å². The fourth-order valence-electron chi connectivity index (χ4n) is 3.82. The molecule has 2 heterocycles. The van der Waals surface area contributed by atoms with Gasteiger partial charge in [0.2, 0.25) is 10.0 Å². The summed E-state index contributed by atoms with van der Waals surface area (Å²) in [7, 11) is -3.29. The van der Waals surface area contributed by atoms with E-state index in [0.29, 0.717) is 18.0 Å². The third-order valence-corrected chi connectivity index (χ3v) is 7.27. The number of halogens is 1. The van der Waals surface area contributed by atoms with E-state index >= 15 is 0 Å². The molecule has 1 atom stereocenters. The zero-order valence-electron chi connectivity index (χ0n) is 15.8. The van der Waals surface area contributed by atoms with Gasteiger partial charge in [0.05, 0.1) is 4.90 Å². The van der Waals surface area contributed by atoms with Crippen LogP contribution in [-0.4, -0.2) is 38.5 Å². The predicted octanol–water partition coefficient (Wildman–Crippen LogP) is 3.38. The van der Waals surface area contributed by atoms with Gasteiger partial charge in [0.25, 0.3) is 0 Å². The second kappa shape index (κ2) is 9.27. The third-order valence-electron chi connectivity index (χ3n) is 5.32. The van der Waals surface area contributed by atoms with Crippen LogP contribution < -0.4 is 10.1 Å². The SMILES string of the molecule is Cl.O=S1(=O)c2ccccc2CN1CCCCNCC1CCc2ccccc2O1. The molecule has 0 radical (unpaired) electrons. The molecule has 0 saturated heterocycles. The van der Waals surface area contributed by atoms with Gasteiger partial charge in [0.1, 0.15) is 11.9 Å². The molecule has 2 aromatic rings. The zero-order chi connectivity index (χ0) is 18.7. The van der Waals surface area contributed by atoms with Gasteiger partial charge in [-0.1, -0.05) is 36.4 Å². The van der Waals surface area contributed by atoms with E-state index in [0.717, 1.165) is 50.1 Å². The van der Waals surface area contributed by atoms with Crippen LogP contribution in [-0.2, 0) is 23.0 Å². The molecule has 0 spiro atoms. The maximum Gasteiger partial charge on any atom is 0.243 e. The molecule has 2 aromatic carbocycles. The summed E-state index contributed by atoms with van der Waals surface area (Å²) in [5.41, 5.74) is 2.20. The molecular weight excluding hydrogens is 396 g/mol. The van der Waals surface area contributed by atoms with Crippen molar-refractivity contribution in [2.45, 2.75) is 43.2 Å². The first-order valence-corrected chi connectivity index (χ1v) is 11.1. The highest BCUT2D eigenvalue weighted by Crippen LogP contribution is 2.30. The van der Waals surface area contributed by atoms with Gasteiger partial charge >= 0.3 is 0 Å². The minimum atomic E-state index is -3.29. The molecule has 0 aromatic heterocycles. The normalized spacial score (nSPS) is 19.9. The summed E-state index contributed by atoms with van der Waals surface area (Å²) in [5.74, 6) is 1.01. The van der Waals surface area contributed by atoms with Crippen molar-refractivity contribution in [3.63, 3.8) is 0 Å². The number of hydrogen-bond donors (Lipinski definition) is 1. The molecule has 0 fully saturated rings. The van der Waals surface area contributed by atoms with E-state index in [2.05, 4.69) is 17.4 Å². The van der Waals surface area contributed by atoms with Crippen molar-refractivity contribution in [1.29, 1.82) is 0 Å². The lowest BCUT2D eigenvalue weighted by molar-refractivity contribution is 0.170. The number of nitrogens with zero attached hydrogens (tertiary/aromatic N) is 1. The van der Waals surface area contributed by atoms with Crippen molar-refractivity contribution >= 4 is 22.4 Å². The smallest absolute Gasteiger partial charge is 0.243 e. The molecule has 1 unspecified atom stereocenters. The molecule has 7 heteroatoms. The van der Waals surface area contributed by atoms with E-state index in [1.807, 2.05) is 24.3 Å². The molecule has 5 nitrogen and oxygen atoms in total. The van der Waals surface area contributed by atoms with Crippen molar-refractivity contribution in [2.75, 3.05) is 19.6 Å². The van der Waals surface area contributed by atoms with Gasteiger partial charge in [0, 0.05) is 19.6 Å². The molecule has 152 valence electrons. The van der Waals surface area contributed by atoms with E-state index in [1.54, 1.807) is 16.4 Å². The van der Waals surface area contributed by atoms with Crippen LogP contribution in [0.25, 0.3) is 0 Å². The largest absolute Gasteiger partial charge is 0.489 e. The van der Waals surface area contributed by atoms with Crippen LogP contribution in [0.4, 0.5) is 0 Å². The summed E-state index contributed by atoms with van der Waals surface area (Å²) in [6.45, 7) is 2.79. The van der Waals surface area contributed by atoms with Gasteiger partial charge in [-0.25, -0.2) is 8.42 Å². The average molecular weight is 423 g/mol. The molecule has 28 heavy (non-hydrogen) atoms. The summed E-state index contributed by atoms with van der Waals surface area (Å²) >= 11 is 0.